The topological polar surface area (TPSA) is 37.3 Å². The van der Waals surface area contributed by atoms with Gasteiger partial charge in [0.15, 0.2) is 5.78 Å². The molecule has 1 aromatic carbocycles. The highest BCUT2D eigenvalue weighted by Crippen LogP contribution is 2.20. The molecule has 0 aliphatic heterocycles. The van der Waals surface area contributed by atoms with Crippen molar-refractivity contribution in [2.75, 3.05) is 0 Å². The number of carbonyl (C=O) groups is 1. The van der Waals surface area contributed by atoms with Gasteiger partial charge in [0.1, 0.15) is 5.75 Å². The Morgan fingerprint density at radius 1 is 1.62 bits per heavy atom. The van der Waals surface area contributed by atoms with Crippen molar-refractivity contribution < 1.29 is 9.90 Å². The molecule has 0 aliphatic rings. The van der Waals surface area contributed by atoms with Gasteiger partial charge in [-0.3, -0.25) is 4.79 Å². The summed E-state index contributed by atoms with van der Waals surface area (Å²) in [5.74, 6) is 0.0363. The highest BCUT2D eigenvalue weighted by molar-refractivity contribution is 14.1. The van der Waals surface area contributed by atoms with Crippen LogP contribution in [0.3, 0.4) is 0 Å². The molecule has 1 N–H and O–H groups in total. The zero-order valence-corrected chi connectivity index (χ0v) is 9.83. The summed E-state index contributed by atoms with van der Waals surface area (Å²) in [4.78, 5) is 11.5. The molecule has 0 amide bonds. The number of Topliss-reactive ketones (excluding diaryl/α,β-unsaturated/α-hetero) is 1. The smallest absolute Gasteiger partial charge is 0.181 e. The van der Waals surface area contributed by atoms with Crippen LogP contribution in [0.2, 0.25) is 0 Å². The van der Waals surface area contributed by atoms with Crippen LogP contribution in [0.1, 0.15) is 17.3 Å². The fourth-order valence-electron chi connectivity index (χ4n) is 0.918. The number of hydrogen-bond acceptors (Lipinski definition) is 2. The normalized spacial score (nSPS) is 12.5. The molecule has 0 bridgehead atoms. The van der Waals surface area contributed by atoms with Crippen LogP contribution < -0.4 is 0 Å². The van der Waals surface area contributed by atoms with E-state index in [0.717, 1.165) is 3.57 Å². The van der Waals surface area contributed by atoms with E-state index in [1.165, 1.54) is 12.1 Å². The van der Waals surface area contributed by atoms with Crippen molar-refractivity contribution >= 4 is 40.0 Å². The van der Waals surface area contributed by atoms with Crippen molar-refractivity contribution in [2.24, 2.45) is 0 Å². The van der Waals surface area contributed by atoms with E-state index in [1.54, 1.807) is 13.0 Å². The summed E-state index contributed by atoms with van der Waals surface area (Å²) in [5, 5.41) is 8.58. The van der Waals surface area contributed by atoms with Gasteiger partial charge in [0.25, 0.3) is 0 Å². The first kappa shape index (κ1) is 10.8. The lowest BCUT2D eigenvalue weighted by molar-refractivity contribution is 0.0991. The quantitative estimate of drug-likeness (QED) is 0.518. The predicted molar refractivity (Wildman–Crippen MR) is 60.5 cm³/mol. The van der Waals surface area contributed by atoms with Crippen molar-refractivity contribution in [3.63, 3.8) is 0 Å². The van der Waals surface area contributed by atoms with E-state index < -0.39 is 5.38 Å². The number of rotatable bonds is 2. The summed E-state index contributed by atoms with van der Waals surface area (Å²) in [7, 11) is 0. The minimum absolute atomic E-state index is 0.119. The molecule has 1 unspecified atom stereocenters. The van der Waals surface area contributed by atoms with E-state index >= 15 is 0 Å². The first-order valence-electron chi connectivity index (χ1n) is 3.69. The molecular weight excluding hydrogens is 302 g/mol. The lowest BCUT2D eigenvalue weighted by atomic mass is 10.1. The third kappa shape index (κ3) is 2.57. The number of phenolic OH excluding ortho intramolecular Hbond substituents is 1. The van der Waals surface area contributed by atoms with Crippen molar-refractivity contribution in [1.29, 1.82) is 0 Å². The zero-order valence-electron chi connectivity index (χ0n) is 6.92. The van der Waals surface area contributed by atoms with Crippen LogP contribution >= 0.6 is 34.2 Å². The summed E-state index contributed by atoms with van der Waals surface area (Å²) in [5.41, 5.74) is 0.556. The fraction of sp³-hybridized carbons (Fsp3) is 0.222. The SMILES string of the molecule is CC(Cl)C(=O)c1ccc(O)cc1I. The van der Waals surface area contributed by atoms with Crippen LogP contribution in [0.25, 0.3) is 0 Å². The molecule has 0 fully saturated rings. The van der Waals surface area contributed by atoms with Crippen LogP contribution in [-0.2, 0) is 0 Å². The van der Waals surface area contributed by atoms with E-state index in [2.05, 4.69) is 0 Å². The number of halogens is 2. The molecule has 1 rings (SSSR count). The molecule has 13 heavy (non-hydrogen) atoms. The monoisotopic (exact) mass is 310 g/mol. The first-order valence-corrected chi connectivity index (χ1v) is 5.20. The average molecular weight is 311 g/mol. The number of ketones is 1. The molecule has 2 nitrogen and oxygen atoms in total. The Hall–Kier alpha value is -0.290. The van der Waals surface area contributed by atoms with Gasteiger partial charge in [-0.1, -0.05) is 0 Å². The number of aromatic hydroxyl groups is 1. The standard InChI is InChI=1S/C9H8ClIO2/c1-5(10)9(13)7-3-2-6(12)4-8(7)11/h2-5,12H,1H3. The molecule has 70 valence electrons. The molecule has 1 aromatic rings. The van der Waals surface area contributed by atoms with Crippen LogP contribution in [-0.4, -0.2) is 16.3 Å². The van der Waals surface area contributed by atoms with Crippen molar-refractivity contribution in [2.45, 2.75) is 12.3 Å². The number of carbonyl (C=O) groups excluding carboxylic acids is 1. The summed E-state index contributed by atoms with van der Waals surface area (Å²) in [6, 6.07) is 4.60. The Bertz CT molecular complexity index is 336. The molecule has 0 heterocycles. The summed E-state index contributed by atoms with van der Waals surface area (Å²) >= 11 is 7.65. The Kier molecular flexibility index (Phi) is 3.55. The zero-order chi connectivity index (χ0) is 10.0. The summed E-state index contributed by atoms with van der Waals surface area (Å²) in [6.45, 7) is 1.63. The Morgan fingerprint density at radius 2 is 2.23 bits per heavy atom. The molecule has 0 aliphatic carbocycles. The third-order valence-corrected chi connectivity index (χ3v) is 2.67. The molecule has 4 heteroatoms. The maximum absolute atomic E-state index is 11.5. The van der Waals surface area contributed by atoms with Gasteiger partial charge in [-0.05, 0) is 47.7 Å². The second-order valence-corrected chi connectivity index (χ2v) is 4.46. The van der Waals surface area contributed by atoms with Gasteiger partial charge >= 0.3 is 0 Å². The maximum atomic E-state index is 11.5. The van der Waals surface area contributed by atoms with Gasteiger partial charge in [-0.25, -0.2) is 0 Å². The number of benzene rings is 1. The van der Waals surface area contributed by atoms with Crippen LogP contribution in [0.5, 0.6) is 5.75 Å². The number of hydrogen-bond donors (Lipinski definition) is 1. The lowest BCUT2D eigenvalue weighted by Crippen LogP contribution is -2.11. The van der Waals surface area contributed by atoms with E-state index in [4.69, 9.17) is 16.7 Å². The van der Waals surface area contributed by atoms with Crippen LogP contribution in [0.15, 0.2) is 18.2 Å². The van der Waals surface area contributed by atoms with Gasteiger partial charge in [0, 0.05) is 9.13 Å². The molecular formula is C9H8ClIO2. The van der Waals surface area contributed by atoms with Gasteiger partial charge in [0.2, 0.25) is 0 Å². The molecule has 0 saturated heterocycles. The summed E-state index contributed by atoms with van der Waals surface area (Å²) < 4.78 is 0.718. The molecule has 0 aromatic heterocycles. The predicted octanol–water partition coefficient (Wildman–Crippen LogP) is 2.81. The van der Waals surface area contributed by atoms with Crippen LogP contribution in [0, 0.1) is 3.57 Å². The average Bonchev–Trinajstić information content (AvgIpc) is 2.03. The summed E-state index contributed by atoms with van der Waals surface area (Å²) in [6.07, 6.45) is 0. The molecule has 0 saturated carbocycles. The first-order chi connectivity index (χ1) is 6.02. The highest BCUT2D eigenvalue weighted by atomic mass is 127. The Labute approximate surface area is 95.0 Å². The number of phenols is 1. The van der Waals surface area contributed by atoms with Gasteiger partial charge in [-0.2, -0.15) is 0 Å². The Balaban J connectivity index is 3.09. The lowest BCUT2D eigenvalue weighted by Gasteiger charge is -2.05. The van der Waals surface area contributed by atoms with Gasteiger partial charge < -0.3 is 5.11 Å². The van der Waals surface area contributed by atoms with E-state index in [1.807, 2.05) is 22.6 Å². The largest absolute Gasteiger partial charge is 0.508 e. The van der Waals surface area contributed by atoms with Crippen molar-refractivity contribution in [3.05, 3.63) is 27.3 Å². The highest BCUT2D eigenvalue weighted by Gasteiger charge is 2.15. The second-order valence-electron chi connectivity index (χ2n) is 2.64. The molecule has 0 radical (unpaired) electrons. The fourth-order valence-corrected chi connectivity index (χ4v) is 1.80. The second kappa shape index (κ2) is 4.28. The van der Waals surface area contributed by atoms with Gasteiger partial charge in [-0.15, -0.1) is 11.6 Å². The van der Waals surface area contributed by atoms with Gasteiger partial charge in [0.05, 0.1) is 5.38 Å². The minimum atomic E-state index is -0.530. The van der Waals surface area contributed by atoms with Crippen molar-refractivity contribution in [1.82, 2.24) is 0 Å². The van der Waals surface area contributed by atoms with Crippen LogP contribution in [0.4, 0.5) is 0 Å². The van der Waals surface area contributed by atoms with E-state index in [-0.39, 0.29) is 11.5 Å². The Morgan fingerprint density at radius 3 is 2.69 bits per heavy atom. The third-order valence-electron chi connectivity index (χ3n) is 1.58. The van der Waals surface area contributed by atoms with E-state index in [9.17, 15) is 4.79 Å². The molecule has 1 atom stereocenters. The van der Waals surface area contributed by atoms with E-state index in [0.29, 0.717) is 5.56 Å². The number of alkyl halides is 1. The molecule has 0 spiro atoms. The maximum Gasteiger partial charge on any atom is 0.181 e. The van der Waals surface area contributed by atoms with Crippen molar-refractivity contribution in [3.8, 4) is 5.75 Å². The minimum Gasteiger partial charge on any atom is -0.508 e.